The van der Waals surface area contributed by atoms with Gasteiger partial charge in [0.15, 0.2) is 5.82 Å². The number of carbonyl (C=O) groups is 1. The zero-order valence-corrected chi connectivity index (χ0v) is 9.05. The first-order chi connectivity index (χ1) is 7.72. The van der Waals surface area contributed by atoms with Crippen LogP contribution in [0.4, 0.5) is 16.4 Å². The molecule has 1 fully saturated rings. The molecule has 1 saturated heterocycles. The predicted octanol–water partition coefficient (Wildman–Crippen LogP) is -0.0836. The highest BCUT2D eigenvalue weighted by molar-refractivity contribution is 5.74. The molecule has 0 atom stereocenters. The molecule has 1 aromatic heterocycles. The number of ether oxygens (including phenoxy) is 2. The molecule has 1 aliphatic rings. The molecule has 88 valence electrons. The molecule has 2 rings (SSSR count). The number of morpholine rings is 1. The average Bonchev–Trinajstić information content (AvgIpc) is 2.71. The van der Waals surface area contributed by atoms with Crippen molar-refractivity contribution < 1.29 is 14.3 Å². The highest BCUT2D eigenvalue weighted by atomic mass is 16.5. The van der Waals surface area contributed by atoms with Gasteiger partial charge < -0.3 is 20.1 Å². The van der Waals surface area contributed by atoms with Crippen LogP contribution in [-0.4, -0.2) is 49.3 Å². The van der Waals surface area contributed by atoms with Gasteiger partial charge in [0.25, 0.3) is 0 Å². The highest BCUT2D eigenvalue weighted by Gasteiger charge is 2.18. The quantitative estimate of drug-likeness (QED) is 0.721. The summed E-state index contributed by atoms with van der Waals surface area (Å²) in [5.41, 5.74) is 5.67. The Balaban J connectivity index is 2.19. The van der Waals surface area contributed by atoms with E-state index in [0.717, 1.165) is 17.8 Å². The number of hydrogen-bond donors (Lipinski definition) is 1. The summed E-state index contributed by atoms with van der Waals surface area (Å²) in [5.74, 6) is 0.944. The Morgan fingerprint density at radius 2 is 2.25 bits per heavy atom. The Hall–Kier alpha value is -1.76. The Labute approximate surface area is 92.7 Å². The Morgan fingerprint density at radius 3 is 2.88 bits per heavy atom. The van der Waals surface area contributed by atoms with Gasteiger partial charge in [-0.15, -0.1) is 9.78 Å². The topological polar surface area (TPSA) is 82.6 Å². The summed E-state index contributed by atoms with van der Waals surface area (Å²) < 4.78 is 10.8. The van der Waals surface area contributed by atoms with Crippen LogP contribution in [0.25, 0.3) is 0 Å². The fraction of sp³-hybridized carbons (Fsp3) is 0.556. The molecule has 0 unspecified atom stereocenters. The number of nitrogens with zero attached hydrogens (tertiary/aromatic N) is 3. The SMILES string of the molecule is COC(=O)n1nc(N2CCOCC2)cc1N. The molecular weight excluding hydrogens is 212 g/mol. The van der Waals surface area contributed by atoms with Crippen molar-refractivity contribution in [2.45, 2.75) is 0 Å². The zero-order chi connectivity index (χ0) is 11.5. The van der Waals surface area contributed by atoms with Gasteiger partial charge >= 0.3 is 6.09 Å². The van der Waals surface area contributed by atoms with Crippen LogP contribution in [-0.2, 0) is 9.47 Å². The molecule has 0 spiro atoms. The first kappa shape index (κ1) is 10.7. The van der Waals surface area contributed by atoms with E-state index in [1.807, 2.05) is 4.90 Å². The molecule has 0 saturated carbocycles. The number of anilines is 2. The molecule has 2 heterocycles. The van der Waals surface area contributed by atoms with E-state index in [1.165, 1.54) is 7.11 Å². The van der Waals surface area contributed by atoms with Crippen molar-refractivity contribution in [2.75, 3.05) is 44.0 Å². The molecule has 1 aromatic rings. The monoisotopic (exact) mass is 226 g/mol. The molecule has 7 nitrogen and oxygen atoms in total. The molecule has 0 aromatic carbocycles. The summed E-state index contributed by atoms with van der Waals surface area (Å²) in [6, 6.07) is 1.65. The minimum absolute atomic E-state index is 0.272. The largest absolute Gasteiger partial charge is 0.451 e. The number of hydrogen-bond acceptors (Lipinski definition) is 6. The first-order valence-corrected chi connectivity index (χ1v) is 4.99. The van der Waals surface area contributed by atoms with Gasteiger partial charge in [0.1, 0.15) is 5.82 Å². The third kappa shape index (κ3) is 1.94. The lowest BCUT2D eigenvalue weighted by atomic mass is 10.4. The number of aromatic nitrogens is 2. The average molecular weight is 226 g/mol. The summed E-state index contributed by atoms with van der Waals surface area (Å²) in [4.78, 5) is 13.3. The number of methoxy groups -OCH3 is 1. The molecular formula is C9H14N4O3. The van der Waals surface area contributed by atoms with Crippen molar-refractivity contribution in [3.63, 3.8) is 0 Å². The van der Waals surface area contributed by atoms with Crippen molar-refractivity contribution in [2.24, 2.45) is 0 Å². The lowest BCUT2D eigenvalue weighted by Gasteiger charge is -2.26. The van der Waals surface area contributed by atoms with E-state index in [9.17, 15) is 4.79 Å². The number of carbonyl (C=O) groups excluding carboxylic acids is 1. The van der Waals surface area contributed by atoms with E-state index in [-0.39, 0.29) is 5.82 Å². The van der Waals surface area contributed by atoms with Crippen molar-refractivity contribution in [3.05, 3.63) is 6.07 Å². The fourth-order valence-corrected chi connectivity index (χ4v) is 1.56. The van der Waals surface area contributed by atoms with Gasteiger partial charge in [-0.1, -0.05) is 0 Å². The summed E-state index contributed by atoms with van der Waals surface area (Å²) >= 11 is 0. The Kier molecular flexibility index (Phi) is 2.95. The number of rotatable bonds is 1. The normalized spacial score (nSPS) is 16.2. The van der Waals surface area contributed by atoms with E-state index in [2.05, 4.69) is 9.84 Å². The van der Waals surface area contributed by atoms with Gasteiger partial charge in [-0.2, -0.15) is 0 Å². The molecule has 0 bridgehead atoms. The maximum Gasteiger partial charge on any atom is 0.436 e. The van der Waals surface area contributed by atoms with E-state index < -0.39 is 6.09 Å². The Morgan fingerprint density at radius 1 is 1.56 bits per heavy atom. The van der Waals surface area contributed by atoms with E-state index in [1.54, 1.807) is 6.07 Å². The van der Waals surface area contributed by atoms with Crippen LogP contribution in [0.15, 0.2) is 6.07 Å². The maximum atomic E-state index is 11.3. The van der Waals surface area contributed by atoms with Gasteiger partial charge in [0, 0.05) is 19.2 Å². The first-order valence-electron chi connectivity index (χ1n) is 4.99. The van der Waals surface area contributed by atoms with Gasteiger partial charge in [-0.25, -0.2) is 4.79 Å². The molecule has 1 aliphatic heterocycles. The summed E-state index contributed by atoms with van der Waals surface area (Å²) in [6.07, 6.45) is -0.586. The molecule has 7 heteroatoms. The second kappa shape index (κ2) is 4.40. The van der Waals surface area contributed by atoms with Crippen LogP contribution in [0.2, 0.25) is 0 Å². The second-order valence-electron chi connectivity index (χ2n) is 3.41. The van der Waals surface area contributed by atoms with Crippen LogP contribution in [0.5, 0.6) is 0 Å². The summed E-state index contributed by atoms with van der Waals surface area (Å²) in [6.45, 7) is 2.81. The van der Waals surface area contributed by atoms with E-state index in [0.29, 0.717) is 19.0 Å². The van der Waals surface area contributed by atoms with Crippen LogP contribution in [0.1, 0.15) is 0 Å². The van der Waals surface area contributed by atoms with Crippen molar-refractivity contribution in [3.8, 4) is 0 Å². The third-order valence-corrected chi connectivity index (χ3v) is 2.41. The molecule has 16 heavy (non-hydrogen) atoms. The minimum Gasteiger partial charge on any atom is -0.451 e. The lowest BCUT2D eigenvalue weighted by Crippen LogP contribution is -2.36. The molecule has 0 amide bonds. The molecule has 0 radical (unpaired) electrons. The minimum atomic E-state index is -0.586. The standard InChI is InChI=1S/C9H14N4O3/c1-15-9(14)13-7(10)6-8(11-13)12-2-4-16-5-3-12/h6H,2-5,10H2,1H3. The second-order valence-corrected chi connectivity index (χ2v) is 3.41. The summed E-state index contributed by atoms with van der Waals surface area (Å²) in [5, 5.41) is 4.09. The summed E-state index contributed by atoms with van der Waals surface area (Å²) in [7, 11) is 1.29. The van der Waals surface area contributed by atoms with Gasteiger partial charge in [0.2, 0.25) is 0 Å². The van der Waals surface area contributed by atoms with Crippen molar-refractivity contribution in [1.29, 1.82) is 0 Å². The van der Waals surface area contributed by atoms with E-state index in [4.69, 9.17) is 10.5 Å². The predicted molar refractivity (Wildman–Crippen MR) is 57.5 cm³/mol. The van der Waals surface area contributed by atoms with Crippen LogP contribution in [0.3, 0.4) is 0 Å². The lowest BCUT2D eigenvalue weighted by molar-refractivity contribution is 0.122. The molecule has 0 aliphatic carbocycles. The van der Waals surface area contributed by atoms with Crippen LogP contribution < -0.4 is 10.6 Å². The third-order valence-electron chi connectivity index (χ3n) is 2.41. The van der Waals surface area contributed by atoms with Gasteiger partial charge in [0.05, 0.1) is 20.3 Å². The fourth-order valence-electron chi connectivity index (χ4n) is 1.56. The van der Waals surface area contributed by atoms with E-state index >= 15 is 0 Å². The maximum absolute atomic E-state index is 11.3. The Bertz CT molecular complexity index is 384. The smallest absolute Gasteiger partial charge is 0.436 e. The number of nitrogens with two attached hydrogens (primary N) is 1. The van der Waals surface area contributed by atoms with Crippen LogP contribution in [0, 0.1) is 0 Å². The van der Waals surface area contributed by atoms with Crippen LogP contribution >= 0.6 is 0 Å². The molecule has 2 N–H and O–H groups in total. The van der Waals surface area contributed by atoms with Crippen molar-refractivity contribution >= 4 is 17.7 Å². The van der Waals surface area contributed by atoms with Gasteiger partial charge in [-0.05, 0) is 0 Å². The highest BCUT2D eigenvalue weighted by Crippen LogP contribution is 2.17. The number of nitrogen functional groups attached to an aromatic ring is 1. The van der Waals surface area contributed by atoms with Gasteiger partial charge in [-0.3, -0.25) is 0 Å². The zero-order valence-electron chi connectivity index (χ0n) is 9.05. The van der Waals surface area contributed by atoms with Crippen molar-refractivity contribution in [1.82, 2.24) is 9.78 Å².